The van der Waals surface area contributed by atoms with Crippen molar-refractivity contribution in [2.45, 2.75) is 46.1 Å². The maximum absolute atomic E-state index is 5.87. The minimum Gasteiger partial charge on any atom is -0.489 e. The highest BCUT2D eigenvalue weighted by molar-refractivity contribution is 5.15. The van der Waals surface area contributed by atoms with Crippen LogP contribution in [0.5, 0.6) is 5.75 Å². The van der Waals surface area contributed by atoms with Crippen LogP contribution < -0.4 is 4.74 Å². The van der Waals surface area contributed by atoms with E-state index in [0.29, 0.717) is 6.10 Å². The van der Waals surface area contributed by atoms with Crippen molar-refractivity contribution in [3.63, 3.8) is 0 Å². The third-order valence-electron chi connectivity index (χ3n) is 2.75. The second kappa shape index (κ2) is 6.44. The highest BCUT2D eigenvalue weighted by atomic mass is 16.5. The fourth-order valence-electron chi connectivity index (χ4n) is 1.52. The van der Waals surface area contributed by atoms with Gasteiger partial charge in [-0.25, -0.2) is 0 Å². The Kier molecular flexibility index (Phi) is 5.16. The summed E-state index contributed by atoms with van der Waals surface area (Å²) in [5.41, 5.74) is 0. The molecular formula is C13H21NO. The van der Waals surface area contributed by atoms with Gasteiger partial charge in [0.1, 0.15) is 5.75 Å². The Bertz CT molecular complexity index is 260. The van der Waals surface area contributed by atoms with E-state index in [-0.39, 0.29) is 0 Å². The van der Waals surface area contributed by atoms with Crippen LogP contribution in [-0.2, 0) is 0 Å². The average Bonchev–Trinajstić information content (AvgIpc) is 2.29. The van der Waals surface area contributed by atoms with Crippen molar-refractivity contribution in [1.29, 1.82) is 0 Å². The number of nitrogens with zero attached hydrogens (tertiary/aromatic N) is 1. The lowest BCUT2D eigenvalue weighted by Crippen LogP contribution is -2.18. The van der Waals surface area contributed by atoms with E-state index < -0.39 is 0 Å². The Morgan fingerprint density at radius 1 is 1.33 bits per heavy atom. The molecule has 1 aromatic heterocycles. The van der Waals surface area contributed by atoms with Crippen molar-refractivity contribution in [3.8, 4) is 5.75 Å². The van der Waals surface area contributed by atoms with Gasteiger partial charge in [0.25, 0.3) is 0 Å². The molecule has 1 aromatic rings. The van der Waals surface area contributed by atoms with Crippen LogP contribution in [-0.4, -0.2) is 11.1 Å². The molecule has 0 radical (unpaired) electrons. The molecule has 0 fully saturated rings. The Labute approximate surface area is 92.7 Å². The quantitative estimate of drug-likeness (QED) is 0.710. The molecule has 0 saturated carbocycles. The molecule has 1 heterocycles. The lowest BCUT2D eigenvalue weighted by atomic mass is 10.00. The van der Waals surface area contributed by atoms with Gasteiger partial charge in [0.15, 0.2) is 0 Å². The SMILES string of the molecule is CCC(C[C@H](C)CC)Oc1cccnc1. The van der Waals surface area contributed by atoms with E-state index in [1.165, 1.54) is 6.42 Å². The van der Waals surface area contributed by atoms with Gasteiger partial charge in [-0.2, -0.15) is 0 Å². The van der Waals surface area contributed by atoms with Gasteiger partial charge in [-0.1, -0.05) is 27.2 Å². The average molecular weight is 207 g/mol. The molecule has 0 N–H and O–H groups in total. The van der Waals surface area contributed by atoms with Crippen molar-refractivity contribution in [1.82, 2.24) is 4.98 Å². The van der Waals surface area contributed by atoms with Gasteiger partial charge >= 0.3 is 0 Å². The molecule has 0 bridgehead atoms. The van der Waals surface area contributed by atoms with Crippen LogP contribution in [0.15, 0.2) is 24.5 Å². The minimum absolute atomic E-state index is 0.323. The van der Waals surface area contributed by atoms with Gasteiger partial charge in [-0.15, -0.1) is 0 Å². The maximum Gasteiger partial charge on any atom is 0.137 e. The van der Waals surface area contributed by atoms with E-state index >= 15 is 0 Å². The first kappa shape index (κ1) is 12.0. The summed E-state index contributed by atoms with van der Waals surface area (Å²) in [5, 5.41) is 0. The lowest BCUT2D eigenvalue weighted by Gasteiger charge is -2.20. The van der Waals surface area contributed by atoms with Crippen LogP contribution >= 0.6 is 0 Å². The molecule has 2 atom stereocenters. The summed E-state index contributed by atoms with van der Waals surface area (Å²) >= 11 is 0. The number of rotatable bonds is 6. The number of hydrogen-bond donors (Lipinski definition) is 0. The summed E-state index contributed by atoms with van der Waals surface area (Å²) in [4.78, 5) is 4.05. The smallest absolute Gasteiger partial charge is 0.137 e. The first-order valence-electron chi connectivity index (χ1n) is 5.82. The third kappa shape index (κ3) is 4.32. The molecule has 1 unspecified atom stereocenters. The fraction of sp³-hybridized carbons (Fsp3) is 0.615. The molecule has 84 valence electrons. The summed E-state index contributed by atoms with van der Waals surface area (Å²) in [6, 6.07) is 3.87. The summed E-state index contributed by atoms with van der Waals surface area (Å²) in [6.45, 7) is 6.67. The van der Waals surface area contributed by atoms with Gasteiger partial charge in [0.2, 0.25) is 0 Å². The molecule has 0 aliphatic carbocycles. The standard InChI is InChI=1S/C13H21NO/c1-4-11(3)9-12(5-2)15-13-7-6-8-14-10-13/h6-8,10-12H,4-5,9H2,1-3H3/t11-,12?/m1/s1. The molecule has 0 saturated heterocycles. The topological polar surface area (TPSA) is 22.1 Å². The zero-order valence-corrected chi connectivity index (χ0v) is 9.94. The van der Waals surface area contributed by atoms with Gasteiger partial charge in [0, 0.05) is 6.20 Å². The van der Waals surface area contributed by atoms with E-state index in [4.69, 9.17) is 4.74 Å². The zero-order valence-electron chi connectivity index (χ0n) is 9.94. The second-order valence-corrected chi connectivity index (χ2v) is 4.09. The molecule has 2 heteroatoms. The summed E-state index contributed by atoms with van der Waals surface area (Å²) < 4.78 is 5.87. The molecule has 0 amide bonds. The molecule has 15 heavy (non-hydrogen) atoms. The first-order valence-corrected chi connectivity index (χ1v) is 5.82. The molecule has 0 aliphatic rings. The summed E-state index contributed by atoms with van der Waals surface area (Å²) in [5.74, 6) is 1.61. The Morgan fingerprint density at radius 3 is 2.67 bits per heavy atom. The van der Waals surface area contributed by atoms with Gasteiger partial charge in [-0.3, -0.25) is 4.98 Å². The molecule has 1 rings (SSSR count). The normalized spacial score (nSPS) is 14.6. The largest absolute Gasteiger partial charge is 0.489 e. The Balaban J connectivity index is 2.47. The minimum atomic E-state index is 0.323. The van der Waals surface area contributed by atoms with Crippen molar-refractivity contribution >= 4 is 0 Å². The van der Waals surface area contributed by atoms with Crippen LogP contribution in [0.4, 0.5) is 0 Å². The maximum atomic E-state index is 5.87. The number of pyridine rings is 1. The van der Waals surface area contributed by atoms with Crippen molar-refractivity contribution in [2.75, 3.05) is 0 Å². The second-order valence-electron chi connectivity index (χ2n) is 4.09. The summed E-state index contributed by atoms with van der Waals surface area (Å²) in [7, 11) is 0. The summed E-state index contributed by atoms with van der Waals surface area (Å²) in [6.07, 6.45) is 7.26. The van der Waals surface area contributed by atoms with Crippen LogP contribution in [0, 0.1) is 5.92 Å². The number of aromatic nitrogens is 1. The predicted octanol–water partition coefficient (Wildman–Crippen LogP) is 3.68. The van der Waals surface area contributed by atoms with Crippen molar-refractivity contribution in [3.05, 3.63) is 24.5 Å². The van der Waals surface area contributed by atoms with Gasteiger partial charge in [0.05, 0.1) is 12.3 Å². The molecule has 0 aromatic carbocycles. The van der Waals surface area contributed by atoms with E-state index in [1.807, 2.05) is 12.1 Å². The highest BCUT2D eigenvalue weighted by Gasteiger charge is 2.11. The van der Waals surface area contributed by atoms with E-state index in [0.717, 1.165) is 24.5 Å². The van der Waals surface area contributed by atoms with Gasteiger partial charge < -0.3 is 4.74 Å². The lowest BCUT2D eigenvalue weighted by molar-refractivity contribution is 0.165. The van der Waals surface area contributed by atoms with Crippen LogP contribution in [0.2, 0.25) is 0 Å². The van der Waals surface area contributed by atoms with Crippen LogP contribution in [0.25, 0.3) is 0 Å². The number of ether oxygens (including phenoxy) is 1. The molecule has 2 nitrogen and oxygen atoms in total. The van der Waals surface area contributed by atoms with Crippen molar-refractivity contribution < 1.29 is 4.74 Å². The van der Waals surface area contributed by atoms with Crippen LogP contribution in [0.1, 0.15) is 40.0 Å². The van der Waals surface area contributed by atoms with Gasteiger partial charge in [-0.05, 0) is 30.9 Å². The molecule has 0 aliphatic heterocycles. The van der Waals surface area contributed by atoms with E-state index in [1.54, 1.807) is 12.4 Å². The molecule has 0 spiro atoms. The zero-order chi connectivity index (χ0) is 11.1. The number of hydrogen-bond acceptors (Lipinski definition) is 2. The monoisotopic (exact) mass is 207 g/mol. The van der Waals surface area contributed by atoms with E-state index in [2.05, 4.69) is 25.8 Å². The Morgan fingerprint density at radius 2 is 2.13 bits per heavy atom. The van der Waals surface area contributed by atoms with Crippen molar-refractivity contribution in [2.24, 2.45) is 5.92 Å². The van der Waals surface area contributed by atoms with Crippen LogP contribution in [0.3, 0.4) is 0 Å². The predicted molar refractivity (Wildman–Crippen MR) is 63.0 cm³/mol. The van der Waals surface area contributed by atoms with E-state index in [9.17, 15) is 0 Å². The highest BCUT2D eigenvalue weighted by Crippen LogP contribution is 2.18. The third-order valence-corrected chi connectivity index (χ3v) is 2.75. The first-order chi connectivity index (χ1) is 7.26. The molecular weight excluding hydrogens is 186 g/mol. The fourth-order valence-corrected chi connectivity index (χ4v) is 1.52. The Hall–Kier alpha value is -1.05.